The van der Waals surface area contributed by atoms with Crippen LogP contribution in [0.4, 0.5) is 11.4 Å². The monoisotopic (exact) mass is 484 g/mol. The molecule has 0 saturated carbocycles. The molecule has 3 aromatic carbocycles. The first-order valence-electron chi connectivity index (χ1n) is 11.4. The van der Waals surface area contributed by atoms with E-state index in [9.17, 15) is 9.59 Å². The van der Waals surface area contributed by atoms with Gasteiger partial charge in [0.15, 0.2) is 5.11 Å². The summed E-state index contributed by atoms with van der Waals surface area (Å²) in [5.41, 5.74) is 2.45. The molecule has 7 nitrogen and oxygen atoms in total. The number of piperazine rings is 1. The van der Waals surface area contributed by atoms with Crippen LogP contribution in [0.15, 0.2) is 84.4 Å². The molecule has 0 aliphatic carbocycles. The molecule has 2 aliphatic rings. The second-order valence-corrected chi connectivity index (χ2v) is 8.58. The zero-order valence-corrected chi connectivity index (χ0v) is 19.8. The second-order valence-electron chi connectivity index (χ2n) is 8.20. The summed E-state index contributed by atoms with van der Waals surface area (Å²) in [6.45, 7) is 3.80. The van der Waals surface area contributed by atoms with E-state index in [1.807, 2.05) is 54.6 Å². The van der Waals surface area contributed by atoms with Crippen LogP contribution in [0, 0.1) is 0 Å². The first-order chi connectivity index (χ1) is 17.1. The van der Waals surface area contributed by atoms with Crippen molar-refractivity contribution in [3.8, 4) is 11.5 Å². The number of carbonyl (C=O) groups excluding carboxylic acids is 2. The van der Waals surface area contributed by atoms with Gasteiger partial charge in [0, 0.05) is 31.9 Å². The minimum absolute atomic E-state index is 0.0261. The van der Waals surface area contributed by atoms with Crippen molar-refractivity contribution in [3.05, 3.63) is 90.0 Å². The summed E-state index contributed by atoms with van der Waals surface area (Å²) in [5, 5.41) is 6.01. The van der Waals surface area contributed by atoms with E-state index in [1.165, 1.54) is 4.90 Å². The van der Waals surface area contributed by atoms with E-state index >= 15 is 0 Å². The van der Waals surface area contributed by atoms with Crippen LogP contribution < -0.4 is 25.2 Å². The van der Waals surface area contributed by atoms with Gasteiger partial charge >= 0.3 is 0 Å². The van der Waals surface area contributed by atoms with Gasteiger partial charge in [-0.1, -0.05) is 30.3 Å². The molecule has 0 atom stereocenters. The maximum atomic E-state index is 13.3. The molecule has 2 heterocycles. The fourth-order valence-electron chi connectivity index (χ4n) is 4.05. The Morgan fingerprint density at radius 2 is 1.43 bits per heavy atom. The number of ether oxygens (including phenoxy) is 1. The molecule has 176 valence electrons. The Morgan fingerprint density at radius 3 is 2.11 bits per heavy atom. The molecule has 8 heteroatoms. The minimum Gasteiger partial charge on any atom is -0.457 e. The number of para-hydroxylation sites is 1. The summed E-state index contributed by atoms with van der Waals surface area (Å²) in [5.74, 6) is 0.359. The summed E-state index contributed by atoms with van der Waals surface area (Å²) in [4.78, 5) is 29.5. The number of nitrogens with one attached hydrogen (secondary N) is 2. The Balaban J connectivity index is 1.34. The van der Waals surface area contributed by atoms with Crippen molar-refractivity contribution >= 4 is 46.6 Å². The zero-order valence-electron chi connectivity index (χ0n) is 18.9. The normalized spacial score (nSPS) is 17.5. The molecule has 0 bridgehead atoms. The molecule has 35 heavy (non-hydrogen) atoms. The van der Waals surface area contributed by atoms with E-state index in [1.54, 1.807) is 30.3 Å². The highest BCUT2D eigenvalue weighted by molar-refractivity contribution is 7.80. The lowest BCUT2D eigenvalue weighted by Gasteiger charge is -2.29. The van der Waals surface area contributed by atoms with Crippen LogP contribution in [0.2, 0.25) is 0 Å². The SMILES string of the molecule is O=C1NC(=S)N(c2ccc(Oc3ccccc3)cc2)C(=O)C1=Cc1ccc(N2CCNCC2)cc1. The molecule has 0 radical (unpaired) electrons. The van der Waals surface area contributed by atoms with E-state index in [0.29, 0.717) is 17.2 Å². The van der Waals surface area contributed by atoms with Crippen molar-refractivity contribution in [2.45, 2.75) is 0 Å². The van der Waals surface area contributed by atoms with Gasteiger partial charge in [0.25, 0.3) is 11.8 Å². The maximum absolute atomic E-state index is 13.3. The van der Waals surface area contributed by atoms with Gasteiger partial charge in [0.05, 0.1) is 5.69 Å². The van der Waals surface area contributed by atoms with Gasteiger partial charge in [-0.25, -0.2) is 0 Å². The van der Waals surface area contributed by atoms with E-state index in [2.05, 4.69) is 15.5 Å². The predicted molar refractivity (Wildman–Crippen MR) is 141 cm³/mol. The number of benzene rings is 3. The Morgan fingerprint density at radius 1 is 0.800 bits per heavy atom. The highest BCUT2D eigenvalue weighted by Gasteiger charge is 2.34. The van der Waals surface area contributed by atoms with Crippen molar-refractivity contribution in [1.29, 1.82) is 0 Å². The second kappa shape index (κ2) is 10.1. The lowest BCUT2D eigenvalue weighted by atomic mass is 10.1. The fourth-order valence-corrected chi connectivity index (χ4v) is 4.33. The Kier molecular flexibility index (Phi) is 6.56. The molecule has 0 spiro atoms. The zero-order chi connectivity index (χ0) is 24.2. The summed E-state index contributed by atoms with van der Waals surface area (Å²) < 4.78 is 5.82. The summed E-state index contributed by atoms with van der Waals surface area (Å²) >= 11 is 5.31. The standard InChI is InChI=1S/C27H24N4O3S/c32-25-24(18-19-6-8-20(9-7-19)30-16-14-28-15-17-30)26(33)31(27(35)29-25)21-10-12-23(13-11-21)34-22-4-2-1-3-5-22/h1-13,18,28H,14-17H2,(H,29,32,35). The number of hydrogen-bond donors (Lipinski definition) is 2. The van der Waals surface area contributed by atoms with Crippen LogP contribution >= 0.6 is 12.2 Å². The molecule has 2 N–H and O–H groups in total. The van der Waals surface area contributed by atoms with E-state index in [4.69, 9.17) is 17.0 Å². The summed E-state index contributed by atoms with van der Waals surface area (Å²) in [6.07, 6.45) is 1.60. The van der Waals surface area contributed by atoms with Crippen molar-refractivity contribution in [2.24, 2.45) is 0 Å². The molecular weight excluding hydrogens is 460 g/mol. The molecule has 0 aromatic heterocycles. The van der Waals surface area contributed by atoms with Gasteiger partial charge in [-0.05, 0) is 72.4 Å². The molecule has 2 aliphatic heterocycles. The Bertz CT molecular complexity index is 1270. The van der Waals surface area contributed by atoms with Gasteiger partial charge < -0.3 is 15.0 Å². The third-order valence-corrected chi connectivity index (χ3v) is 6.15. The maximum Gasteiger partial charge on any atom is 0.270 e. The highest BCUT2D eigenvalue weighted by atomic mass is 32.1. The first-order valence-corrected chi connectivity index (χ1v) is 11.8. The third-order valence-electron chi connectivity index (χ3n) is 5.86. The smallest absolute Gasteiger partial charge is 0.270 e. The van der Waals surface area contributed by atoms with Crippen LogP contribution in [0.1, 0.15) is 5.56 Å². The quantitative estimate of drug-likeness (QED) is 0.327. The molecular formula is C27H24N4O3S. The van der Waals surface area contributed by atoms with Gasteiger partial charge in [0.1, 0.15) is 17.1 Å². The lowest BCUT2D eigenvalue weighted by Crippen LogP contribution is -2.54. The number of anilines is 2. The summed E-state index contributed by atoms with van der Waals surface area (Å²) in [6, 6.07) is 24.3. The van der Waals surface area contributed by atoms with Gasteiger partial charge in [-0.3, -0.25) is 19.8 Å². The Hall–Kier alpha value is -4.01. The van der Waals surface area contributed by atoms with Gasteiger partial charge in [-0.15, -0.1) is 0 Å². The number of hydrogen-bond acceptors (Lipinski definition) is 6. The largest absolute Gasteiger partial charge is 0.457 e. The van der Waals surface area contributed by atoms with E-state index < -0.39 is 11.8 Å². The Labute approximate surface area is 209 Å². The van der Waals surface area contributed by atoms with Crippen molar-refractivity contribution < 1.29 is 14.3 Å². The number of rotatable bonds is 5. The van der Waals surface area contributed by atoms with E-state index in [-0.39, 0.29) is 10.7 Å². The molecule has 2 saturated heterocycles. The lowest BCUT2D eigenvalue weighted by molar-refractivity contribution is -0.122. The molecule has 3 aromatic rings. The van der Waals surface area contributed by atoms with Crippen molar-refractivity contribution in [2.75, 3.05) is 36.0 Å². The van der Waals surface area contributed by atoms with Gasteiger partial charge in [0.2, 0.25) is 0 Å². The third kappa shape index (κ3) is 5.08. The number of thiocarbonyl (C=S) groups is 1. The average molecular weight is 485 g/mol. The number of amides is 2. The average Bonchev–Trinajstić information content (AvgIpc) is 2.89. The first kappa shape index (κ1) is 22.8. The molecule has 2 fully saturated rings. The molecule has 2 amide bonds. The fraction of sp³-hybridized carbons (Fsp3) is 0.148. The molecule has 5 rings (SSSR count). The van der Waals surface area contributed by atoms with Crippen LogP contribution in [0.5, 0.6) is 11.5 Å². The van der Waals surface area contributed by atoms with E-state index in [0.717, 1.165) is 37.4 Å². The number of carbonyl (C=O) groups is 2. The number of nitrogens with zero attached hydrogens (tertiary/aromatic N) is 2. The van der Waals surface area contributed by atoms with Crippen LogP contribution in [-0.4, -0.2) is 43.1 Å². The topological polar surface area (TPSA) is 73.9 Å². The van der Waals surface area contributed by atoms with Crippen LogP contribution in [-0.2, 0) is 9.59 Å². The minimum atomic E-state index is -0.508. The van der Waals surface area contributed by atoms with Gasteiger partial charge in [-0.2, -0.15) is 0 Å². The predicted octanol–water partition coefficient (Wildman–Crippen LogP) is 3.72. The molecule has 0 unspecified atom stereocenters. The van der Waals surface area contributed by atoms with Crippen molar-refractivity contribution in [1.82, 2.24) is 10.6 Å². The highest BCUT2D eigenvalue weighted by Crippen LogP contribution is 2.27. The van der Waals surface area contributed by atoms with Crippen LogP contribution in [0.3, 0.4) is 0 Å². The van der Waals surface area contributed by atoms with Crippen molar-refractivity contribution in [3.63, 3.8) is 0 Å². The summed E-state index contributed by atoms with van der Waals surface area (Å²) in [7, 11) is 0. The van der Waals surface area contributed by atoms with Crippen LogP contribution in [0.25, 0.3) is 6.08 Å².